The van der Waals surface area contributed by atoms with Crippen molar-refractivity contribution >= 4 is 16.0 Å². The van der Waals surface area contributed by atoms with Gasteiger partial charge in [0, 0.05) is 26.2 Å². The minimum absolute atomic E-state index is 0.0304. The molecule has 2 rings (SSSR count). The van der Waals surface area contributed by atoms with Crippen molar-refractivity contribution in [2.75, 3.05) is 39.8 Å². The van der Waals surface area contributed by atoms with Crippen LogP contribution < -0.4 is 0 Å². The van der Waals surface area contributed by atoms with Crippen molar-refractivity contribution in [3.05, 3.63) is 28.8 Å². The quantitative estimate of drug-likeness (QED) is 0.746. The van der Waals surface area contributed by atoms with Gasteiger partial charge in [-0.05, 0) is 36.0 Å². The van der Waals surface area contributed by atoms with E-state index in [-0.39, 0.29) is 17.9 Å². The molecule has 0 saturated carbocycles. The molecule has 0 bridgehead atoms. The van der Waals surface area contributed by atoms with Crippen LogP contribution in [0.5, 0.6) is 0 Å². The SMILES string of the molecule is COC(=O)CN1CCN(S(=O)(=O)c2c(C)cc(C(C)(C)C)cc2C)CC1. The molecule has 1 fully saturated rings. The summed E-state index contributed by atoms with van der Waals surface area (Å²) in [6.45, 7) is 12.1. The van der Waals surface area contributed by atoms with Crippen LogP contribution in [0.25, 0.3) is 0 Å². The second-order valence-electron chi connectivity index (χ2n) is 7.95. The van der Waals surface area contributed by atoms with Gasteiger partial charge in [-0.25, -0.2) is 8.42 Å². The molecule has 6 nitrogen and oxygen atoms in total. The third-order valence-electron chi connectivity index (χ3n) is 4.84. The van der Waals surface area contributed by atoms with Crippen LogP contribution in [0.3, 0.4) is 0 Å². The zero-order valence-corrected chi connectivity index (χ0v) is 17.4. The molecule has 0 unspecified atom stereocenters. The summed E-state index contributed by atoms with van der Waals surface area (Å²) < 4.78 is 32.6. The van der Waals surface area contributed by atoms with E-state index in [0.29, 0.717) is 31.1 Å². The van der Waals surface area contributed by atoms with E-state index in [4.69, 9.17) is 0 Å². The number of nitrogens with zero attached hydrogens (tertiary/aromatic N) is 2. The Balaban J connectivity index is 2.23. The first-order chi connectivity index (χ1) is 12.0. The molecule has 0 spiro atoms. The minimum Gasteiger partial charge on any atom is -0.468 e. The summed E-state index contributed by atoms with van der Waals surface area (Å²) in [6, 6.07) is 3.96. The first-order valence-electron chi connectivity index (χ1n) is 8.88. The highest BCUT2D eigenvalue weighted by Crippen LogP contribution is 2.31. The molecule has 26 heavy (non-hydrogen) atoms. The summed E-state index contributed by atoms with van der Waals surface area (Å²) in [5, 5.41) is 0. The number of methoxy groups -OCH3 is 1. The van der Waals surface area contributed by atoms with Gasteiger partial charge in [-0.1, -0.05) is 32.9 Å². The number of hydrogen-bond acceptors (Lipinski definition) is 5. The van der Waals surface area contributed by atoms with Crippen LogP contribution in [0.2, 0.25) is 0 Å². The van der Waals surface area contributed by atoms with E-state index < -0.39 is 10.0 Å². The molecule has 1 aliphatic rings. The Kier molecular flexibility index (Phi) is 6.15. The lowest BCUT2D eigenvalue weighted by atomic mass is 9.85. The Morgan fingerprint density at radius 1 is 1.08 bits per heavy atom. The van der Waals surface area contributed by atoms with Crippen LogP contribution in [0.1, 0.15) is 37.5 Å². The number of carbonyl (C=O) groups is 1. The zero-order valence-electron chi connectivity index (χ0n) is 16.6. The second-order valence-corrected chi connectivity index (χ2v) is 9.82. The molecule has 1 heterocycles. The molecule has 0 aromatic heterocycles. The first kappa shape index (κ1) is 20.9. The number of esters is 1. The average molecular weight is 383 g/mol. The smallest absolute Gasteiger partial charge is 0.319 e. The van der Waals surface area contributed by atoms with E-state index >= 15 is 0 Å². The number of rotatable bonds is 4. The van der Waals surface area contributed by atoms with Gasteiger partial charge in [0.25, 0.3) is 0 Å². The van der Waals surface area contributed by atoms with Gasteiger partial charge >= 0.3 is 5.97 Å². The number of piperazine rings is 1. The van der Waals surface area contributed by atoms with Gasteiger partial charge in [0.2, 0.25) is 10.0 Å². The minimum atomic E-state index is -3.55. The maximum atomic E-state index is 13.2. The van der Waals surface area contributed by atoms with Gasteiger partial charge in [-0.15, -0.1) is 0 Å². The molecule has 0 atom stereocenters. The van der Waals surface area contributed by atoms with Crippen LogP contribution in [0.4, 0.5) is 0 Å². The van der Waals surface area contributed by atoms with Gasteiger partial charge in [-0.2, -0.15) is 4.31 Å². The molecule has 146 valence electrons. The van der Waals surface area contributed by atoms with Gasteiger partial charge in [0.15, 0.2) is 0 Å². The first-order valence-corrected chi connectivity index (χ1v) is 10.3. The summed E-state index contributed by atoms with van der Waals surface area (Å²) in [6.07, 6.45) is 0. The molecule has 1 aromatic rings. The molecule has 1 saturated heterocycles. The summed E-state index contributed by atoms with van der Waals surface area (Å²) in [7, 11) is -2.20. The van der Waals surface area contributed by atoms with Crippen LogP contribution >= 0.6 is 0 Å². The Morgan fingerprint density at radius 3 is 2.00 bits per heavy atom. The van der Waals surface area contributed by atoms with E-state index in [2.05, 4.69) is 25.5 Å². The van der Waals surface area contributed by atoms with Gasteiger partial charge in [0.05, 0.1) is 18.6 Å². The third kappa shape index (κ3) is 4.45. The predicted molar refractivity (Wildman–Crippen MR) is 102 cm³/mol. The fraction of sp³-hybridized carbons (Fsp3) is 0.632. The zero-order chi connectivity index (χ0) is 19.7. The van der Waals surface area contributed by atoms with E-state index in [0.717, 1.165) is 16.7 Å². The Bertz CT molecular complexity index is 750. The van der Waals surface area contributed by atoms with E-state index in [1.807, 2.05) is 30.9 Å². The highest BCUT2D eigenvalue weighted by atomic mass is 32.2. The van der Waals surface area contributed by atoms with E-state index in [1.54, 1.807) is 0 Å². The fourth-order valence-corrected chi connectivity index (χ4v) is 5.13. The van der Waals surface area contributed by atoms with Crippen LogP contribution in [-0.2, 0) is 25.0 Å². The molecular formula is C19H30N2O4S. The molecule has 1 aromatic carbocycles. The number of carbonyl (C=O) groups excluding carboxylic acids is 1. The largest absolute Gasteiger partial charge is 0.468 e. The second kappa shape index (κ2) is 7.66. The lowest BCUT2D eigenvalue weighted by molar-refractivity contribution is -0.142. The van der Waals surface area contributed by atoms with E-state index in [9.17, 15) is 13.2 Å². The topological polar surface area (TPSA) is 66.9 Å². The predicted octanol–water partition coefficient (Wildman–Crippen LogP) is 2.08. The Labute approximate surface area is 157 Å². The van der Waals surface area contributed by atoms with Crippen molar-refractivity contribution in [1.82, 2.24) is 9.21 Å². The number of ether oxygens (including phenoxy) is 1. The van der Waals surface area contributed by atoms with Crippen LogP contribution in [-0.4, -0.2) is 63.4 Å². The van der Waals surface area contributed by atoms with Crippen molar-refractivity contribution < 1.29 is 17.9 Å². The Morgan fingerprint density at radius 2 is 1.58 bits per heavy atom. The summed E-state index contributed by atoms with van der Waals surface area (Å²) in [5.74, 6) is -0.300. The van der Waals surface area contributed by atoms with Crippen LogP contribution in [0, 0.1) is 13.8 Å². The number of aryl methyl sites for hydroxylation is 2. The molecular weight excluding hydrogens is 352 g/mol. The monoisotopic (exact) mass is 382 g/mol. The maximum absolute atomic E-state index is 13.2. The molecule has 0 radical (unpaired) electrons. The molecule has 0 aliphatic carbocycles. The number of benzene rings is 1. The van der Waals surface area contributed by atoms with Gasteiger partial charge in [0.1, 0.15) is 0 Å². The van der Waals surface area contributed by atoms with Crippen molar-refractivity contribution in [3.8, 4) is 0 Å². The van der Waals surface area contributed by atoms with Crippen molar-refractivity contribution in [3.63, 3.8) is 0 Å². The number of hydrogen-bond donors (Lipinski definition) is 0. The molecule has 0 N–H and O–H groups in total. The van der Waals surface area contributed by atoms with Crippen molar-refractivity contribution in [2.24, 2.45) is 0 Å². The summed E-state index contributed by atoms with van der Waals surface area (Å²) in [5.41, 5.74) is 2.67. The third-order valence-corrected chi connectivity index (χ3v) is 7.04. The standard InChI is InChI=1S/C19H30N2O4S/c1-14-11-16(19(3,4)5)12-15(2)18(14)26(23,24)21-9-7-20(8-10-21)13-17(22)25-6/h11-12H,7-10,13H2,1-6H3. The molecule has 7 heteroatoms. The maximum Gasteiger partial charge on any atom is 0.319 e. The summed E-state index contributed by atoms with van der Waals surface area (Å²) >= 11 is 0. The van der Waals surface area contributed by atoms with Crippen LogP contribution in [0.15, 0.2) is 17.0 Å². The number of sulfonamides is 1. The van der Waals surface area contributed by atoms with Gasteiger partial charge < -0.3 is 4.74 Å². The normalized spacial score (nSPS) is 17.3. The molecule has 0 amide bonds. The highest BCUT2D eigenvalue weighted by Gasteiger charge is 2.32. The van der Waals surface area contributed by atoms with Gasteiger partial charge in [-0.3, -0.25) is 9.69 Å². The van der Waals surface area contributed by atoms with Crippen molar-refractivity contribution in [1.29, 1.82) is 0 Å². The Hall–Kier alpha value is -1.44. The highest BCUT2D eigenvalue weighted by molar-refractivity contribution is 7.89. The van der Waals surface area contributed by atoms with Crippen molar-refractivity contribution in [2.45, 2.75) is 44.9 Å². The lowest BCUT2D eigenvalue weighted by Gasteiger charge is -2.34. The van der Waals surface area contributed by atoms with E-state index in [1.165, 1.54) is 11.4 Å². The lowest BCUT2D eigenvalue weighted by Crippen LogP contribution is -2.50. The summed E-state index contributed by atoms with van der Waals surface area (Å²) in [4.78, 5) is 13.7. The molecule has 1 aliphatic heterocycles. The fourth-order valence-electron chi connectivity index (χ4n) is 3.29. The average Bonchev–Trinajstić information content (AvgIpc) is 2.53.